The van der Waals surface area contributed by atoms with E-state index in [4.69, 9.17) is 0 Å². The molecule has 8 nitrogen and oxygen atoms in total. The maximum absolute atomic E-state index is 14.1. The van der Waals surface area contributed by atoms with Gasteiger partial charge in [0.15, 0.2) is 5.78 Å². The van der Waals surface area contributed by atoms with Gasteiger partial charge in [0.2, 0.25) is 17.7 Å². The number of halogens is 3. The van der Waals surface area contributed by atoms with Crippen LogP contribution >= 0.6 is 0 Å². The Morgan fingerprint density at radius 2 is 1.78 bits per heavy atom. The molecule has 3 amide bonds. The normalized spacial score (nSPS) is 22.9. The average molecular weight is 580 g/mol. The molecule has 2 aliphatic heterocycles. The van der Waals surface area contributed by atoms with E-state index in [1.807, 2.05) is 38.1 Å². The monoisotopic (exact) mass is 579 g/mol. The number of alkyl halides is 3. The SMILES string of the molecule is CC(C)(C)c1cccc(C(C)(C)C(=O)N2CC3(CC3)C[C@H]2C(=O)N[C@@H](C[C@@H]2CCNC2=O)C(=O)COC(F)(F)F)c1. The van der Waals surface area contributed by atoms with E-state index in [1.165, 1.54) is 0 Å². The van der Waals surface area contributed by atoms with Crippen LogP contribution in [0.15, 0.2) is 24.3 Å². The van der Waals surface area contributed by atoms with E-state index in [-0.39, 0.29) is 29.1 Å². The zero-order chi connectivity index (χ0) is 30.4. The summed E-state index contributed by atoms with van der Waals surface area (Å²) in [5, 5.41) is 5.24. The number of ether oxygens (including phenoxy) is 1. The van der Waals surface area contributed by atoms with Crippen molar-refractivity contribution in [3.63, 3.8) is 0 Å². The van der Waals surface area contributed by atoms with E-state index in [0.29, 0.717) is 25.9 Å². The molecular weight excluding hydrogens is 539 g/mol. The van der Waals surface area contributed by atoms with Crippen molar-refractivity contribution in [2.24, 2.45) is 11.3 Å². The zero-order valence-electron chi connectivity index (χ0n) is 24.3. The lowest BCUT2D eigenvalue weighted by Gasteiger charge is -2.34. The van der Waals surface area contributed by atoms with Crippen LogP contribution in [-0.2, 0) is 34.7 Å². The fourth-order valence-electron chi connectivity index (χ4n) is 5.85. The van der Waals surface area contributed by atoms with Crippen LogP contribution < -0.4 is 10.6 Å². The number of rotatable bonds is 9. The molecule has 0 bridgehead atoms. The topological polar surface area (TPSA) is 105 Å². The number of nitrogens with one attached hydrogen (secondary N) is 2. The standard InChI is InChI=1S/C30H40F3N3O5/c1-27(2,3)19-7-6-8-20(14-19)28(4,5)26(40)36-17-29(10-11-29)15-22(36)25(39)35-21(13-18-9-12-34-24(18)38)23(37)16-41-30(31,32)33/h6-8,14,18,21-22H,9-13,15-17H2,1-5H3,(H,34,38)(H,35,39)/t18-,21-,22-/m0/s1. The molecule has 1 saturated carbocycles. The molecule has 2 heterocycles. The molecule has 0 radical (unpaired) electrons. The number of nitrogens with zero attached hydrogens (tertiary/aromatic N) is 1. The zero-order valence-corrected chi connectivity index (χ0v) is 24.3. The summed E-state index contributed by atoms with van der Waals surface area (Å²) < 4.78 is 41.7. The number of carbonyl (C=O) groups is 4. The maximum atomic E-state index is 14.1. The van der Waals surface area contributed by atoms with Gasteiger partial charge in [-0.2, -0.15) is 0 Å². The molecule has 4 rings (SSSR count). The second-order valence-corrected chi connectivity index (χ2v) is 13.4. The second kappa shape index (κ2) is 11.0. The number of carbonyl (C=O) groups excluding carboxylic acids is 4. The van der Waals surface area contributed by atoms with Gasteiger partial charge in [-0.1, -0.05) is 45.0 Å². The van der Waals surface area contributed by atoms with Gasteiger partial charge in [0.1, 0.15) is 12.6 Å². The van der Waals surface area contributed by atoms with Gasteiger partial charge in [0, 0.05) is 19.0 Å². The van der Waals surface area contributed by atoms with Crippen LogP contribution in [0.4, 0.5) is 13.2 Å². The molecule has 2 saturated heterocycles. The van der Waals surface area contributed by atoms with Gasteiger partial charge in [-0.15, -0.1) is 13.2 Å². The largest absolute Gasteiger partial charge is 0.522 e. The first-order valence-corrected chi connectivity index (χ1v) is 14.2. The lowest BCUT2D eigenvalue weighted by atomic mass is 9.79. The van der Waals surface area contributed by atoms with E-state index < -0.39 is 48.1 Å². The Labute approximate surface area is 238 Å². The molecule has 11 heteroatoms. The summed E-state index contributed by atoms with van der Waals surface area (Å²) in [5.41, 5.74) is 0.624. The average Bonchev–Trinajstić information content (AvgIpc) is 3.35. The maximum Gasteiger partial charge on any atom is 0.522 e. The van der Waals surface area contributed by atoms with Gasteiger partial charge < -0.3 is 15.5 Å². The van der Waals surface area contributed by atoms with Crippen LogP contribution in [0, 0.1) is 11.3 Å². The smallest absolute Gasteiger partial charge is 0.356 e. The first-order chi connectivity index (χ1) is 18.9. The van der Waals surface area contributed by atoms with Crippen molar-refractivity contribution < 1.29 is 37.1 Å². The van der Waals surface area contributed by atoms with E-state index in [9.17, 15) is 32.3 Å². The van der Waals surface area contributed by atoms with Gasteiger partial charge in [-0.3, -0.25) is 23.9 Å². The summed E-state index contributed by atoms with van der Waals surface area (Å²) in [5.74, 6) is -2.76. The number of benzene rings is 1. The Morgan fingerprint density at radius 1 is 1.12 bits per heavy atom. The molecule has 0 unspecified atom stereocenters. The minimum absolute atomic E-state index is 0.128. The van der Waals surface area contributed by atoms with Gasteiger partial charge in [-0.05, 0) is 67.9 Å². The molecule has 2 N–H and O–H groups in total. The minimum Gasteiger partial charge on any atom is -0.356 e. The van der Waals surface area contributed by atoms with E-state index in [2.05, 4.69) is 36.1 Å². The molecule has 226 valence electrons. The third-order valence-electron chi connectivity index (χ3n) is 8.78. The number of hydrogen-bond donors (Lipinski definition) is 2. The lowest BCUT2D eigenvalue weighted by Crippen LogP contribution is -2.54. The van der Waals surface area contributed by atoms with Crippen LogP contribution in [0.1, 0.15) is 77.8 Å². The summed E-state index contributed by atoms with van der Waals surface area (Å²) >= 11 is 0. The molecule has 3 aliphatic rings. The molecule has 41 heavy (non-hydrogen) atoms. The van der Waals surface area contributed by atoms with Crippen LogP contribution in [0.5, 0.6) is 0 Å². The van der Waals surface area contributed by atoms with Crippen molar-refractivity contribution in [3.8, 4) is 0 Å². The van der Waals surface area contributed by atoms with Crippen molar-refractivity contribution in [2.45, 2.75) is 96.0 Å². The fraction of sp³-hybridized carbons (Fsp3) is 0.667. The van der Waals surface area contributed by atoms with E-state index in [0.717, 1.165) is 24.0 Å². The quantitative estimate of drug-likeness (QED) is 0.464. The molecule has 0 aromatic heterocycles. The van der Waals surface area contributed by atoms with Crippen molar-refractivity contribution in [1.29, 1.82) is 0 Å². The Hall–Kier alpha value is -2.95. The highest BCUT2D eigenvalue weighted by Gasteiger charge is 2.57. The Balaban J connectivity index is 1.55. The Kier molecular flexibility index (Phi) is 8.34. The summed E-state index contributed by atoms with van der Waals surface area (Å²) in [4.78, 5) is 54.3. The van der Waals surface area contributed by atoms with E-state index >= 15 is 0 Å². The highest BCUT2D eigenvalue weighted by atomic mass is 19.4. The Morgan fingerprint density at radius 3 is 2.34 bits per heavy atom. The summed E-state index contributed by atoms with van der Waals surface area (Å²) in [6, 6.07) is 5.60. The van der Waals surface area contributed by atoms with Gasteiger partial charge >= 0.3 is 6.36 Å². The molecule has 1 aliphatic carbocycles. The number of Topliss-reactive ketones (excluding diaryl/α,β-unsaturated/α-hetero) is 1. The summed E-state index contributed by atoms with van der Waals surface area (Å²) in [7, 11) is 0. The third kappa shape index (κ3) is 7.10. The van der Waals surface area contributed by atoms with Crippen LogP contribution in [0.3, 0.4) is 0 Å². The van der Waals surface area contributed by atoms with Crippen LogP contribution in [0.2, 0.25) is 0 Å². The second-order valence-electron chi connectivity index (χ2n) is 13.4. The Bertz CT molecular complexity index is 1200. The number of likely N-dealkylation sites (tertiary alicyclic amines) is 1. The molecular formula is C30H40F3N3O5. The predicted molar refractivity (Wildman–Crippen MR) is 145 cm³/mol. The summed E-state index contributed by atoms with van der Waals surface area (Å²) in [6.07, 6.45) is -2.62. The molecule has 3 atom stereocenters. The van der Waals surface area contributed by atoms with E-state index in [1.54, 1.807) is 4.90 Å². The number of amides is 3. The van der Waals surface area contributed by atoms with Gasteiger partial charge in [0.05, 0.1) is 11.5 Å². The highest BCUT2D eigenvalue weighted by Crippen LogP contribution is 2.55. The van der Waals surface area contributed by atoms with Crippen molar-refractivity contribution in [3.05, 3.63) is 35.4 Å². The van der Waals surface area contributed by atoms with Crippen molar-refractivity contribution in [1.82, 2.24) is 15.5 Å². The first-order valence-electron chi connectivity index (χ1n) is 14.2. The first kappa shape index (κ1) is 31.0. The molecule has 1 aromatic rings. The molecule has 3 fully saturated rings. The fourth-order valence-corrected chi connectivity index (χ4v) is 5.85. The van der Waals surface area contributed by atoms with Crippen molar-refractivity contribution in [2.75, 3.05) is 19.7 Å². The lowest BCUT2D eigenvalue weighted by molar-refractivity contribution is -0.321. The highest BCUT2D eigenvalue weighted by molar-refractivity contribution is 5.96. The molecule has 1 spiro atoms. The van der Waals surface area contributed by atoms with Gasteiger partial charge in [0.25, 0.3) is 0 Å². The van der Waals surface area contributed by atoms with Crippen LogP contribution in [0.25, 0.3) is 0 Å². The number of ketones is 1. The minimum atomic E-state index is -5.02. The molecule has 1 aromatic carbocycles. The third-order valence-corrected chi connectivity index (χ3v) is 8.78. The predicted octanol–water partition coefficient (Wildman–Crippen LogP) is 3.76. The van der Waals surface area contributed by atoms with Gasteiger partial charge in [-0.25, -0.2) is 0 Å². The van der Waals surface area contributed by atoms with Crippen molar-refractivity contribution >= 4 is 23.5 Å². The number of hydrogen-bond acceptors (Lipinski definition) is 5. The van der Waals surface area contributed by atoms with Crippen LogP contribution in [-0.4, -0.2) is 66.5 Å². The summed E-state index contributed by atoms with van der Waals surface area (Å²) in [6.45, 7) is 9.41.